The molecule has 0 spiro atoms. The first-order valence-corrected chi connectivity index (χ1v) is 5.16. The second kappa shape index (κ2) is 4.06. The van der Waals surface area contributed by atoms with E-state index in [-0.39, 0.29) is 11.8 Å². The monoisotopic (exact) mass is 225 g/mol. The molecule has 0 bridgehead atoms. The second-order valence-corrected chi connectivity index (χ2v) is 3.99. The minimum Gasteiger partial charge on any atom is -0.359 e. The molecule has 1 fully saturated rings. The molecule has 1 aromatic rings. The number of aromatic nitrogens is 1. The Morgan fingerprint density at radius 3 is 2.87 bits per heavy atom. The van der Waals surface area contributed by atoms with Crippen molar-refractivity contribution in [1.29, 1.82) is 0 Å². The van der Waals surface area contributed by atoms with Crippen molar-refractivity contribution >= 4 is 23.3 Å². The van der Waals surface area contributed by atoms with E-state index < -0.39 is 0 Å². The number of halogens is 1. The zero-order valence-electron chi connectivity index (χ0n) is 8.40. The van der Waals surface area contributed by atoms with Crippen LogP contribution < -0.4 is 10.2 Å². The van der Waals surface area contributed by atoms with Crippen molar-refractivity contribution in [2.45, 2.75) is 0 Å². The third kappa shape index (κ3) is 2.04. The molecule has 1 saturated heterocycles. The van der Waals surface area contributed by atoms with Gasteiger partial charge in [-0.15, -0.1) is 0 Å². The quantitative estimate of drug-likeness (QED) is 0.814. The normalized spacial score (nSPS) is 16.0. The highest BCUT2D eigenvalue weighted by molar-refractivity contribution is 6.30. The number of pyridine rings is 1. The van der Waals surface area contributed by atoms with E-state index in [0.29, 0.717) is 5.02 Å². The van der Waals surface area contributed by atoms with Gasteiger partial charge in [0.15, 0.2) is 0 Å². The molecule has 0 aromatic carbocycles. The van der Waals surface area contributed by atoms with Crippen molar-refractivity contribution in [2.75, 3.05) is 25.0 Å². The smallest absolute Gasteiger partial charge is 0.226 e. The van der Waals surface area contributed by atoms with E-state index in [1.54, 1.807) is 19.3 Å². The molecule has 0 atom stereocenters. The third-order valence-electron chi connectivity index (χ3n) is 2.53. The zero-order valence-corrected chi connectivity index (χ0v) is 9.16. The SMILES string of the molecule is CNC(=O)C1CN(c2ccc(Cl)cn2)C1. The molecule has 1 N–H and O–H groups in total. The fraction of sp³-hybridized carbons (Fsp3) is 0.400. The van der Waals surface area contributed by atoms with Gasteiger partial charge in [-0.1, -0.05) is 11.6 Å². The van der Waals surface area contributed by atoms with Crippen LogP contribution in [0.5, 0.6) is 0 Å². The molecule has 2 heterocycles. The average molecular weight is 226 g/mol. The summed E-state index contributed by atoms with van der Waals surface area (Å²) in [7, 11) is 1.66. The molecule has 15 heavy (non-hydrogen) atoms. The molecule has 5 heteroatoms. The van der Waals surface area contributed by atoms with Crippen molar-refractivity contribution in [2.24, 2.45) is 5.92 Å². The number of carbonyl (C=O) groups excluding carboxylic acids is 1. The van der Waals surface area contributed by atoms with Crippen LogP contribution in [0.15, 0.2) is 18.3 Å². The van der Waals surface area contributed by atoms with E-state index in [4.69, 9.17) is 11.6 Å². The number of rotatable bonds is 2. The maximum atomic E-state index is 11.2. The van der Waals surface area contributed by atoms with Crippen LogP contribution in [0, 0.1) is 5.92 Å². The number of anilines is 1. The molecule has 1 amide bonds. The minimum atomic E-state index is 0.0903. The van der Waals surface area contributed by atoms with Gasteiger partial charge in [-0.25, -0.2) is 4.98 Å². The molecule has 0 radical (unpaired) electrons. The van der Waals surface area contributed by atoms with Crippen molar-refractivity contribution in [3.63, 3.8) is 0 Å². The van der Waals surface area contributed by atoms with Gasteiger partial charge in [-0.2, -0.15) is 0 Å². The average Bonchev–Trinajstić information content (AvgIpc) is 2.18. The molecular weight excluding hydrogens is 214 g/mol. The van der Waals surface area contributed by atoms with E-state index in [0.717, 1.165) is 18.9 Å². The first-order valence-electron chi connectivity index (χ1n) is 4.79. The highest BCUT2D eigenvalue weighted by Crippen LogP contribution is 2.23. The molecule has 1 aliphatic heterocycles. The van der Waals surface area contributed by atoms with Crippen molar-refractivity contribution < 1.29 is 4.79 Å². The number of amides is 1. The highest BCUT2D eigenvalue weighted by Gasteiger charge is 2.32. The van der Waals surface area contributed by atoms with Crippen LogP contribution in [0.25, 0.3) is 0 Å². The minimum absolute atomic E-state index is 0.0903. The van der Waals surface area contributed by atoms with Crippen LogP contribution in [0.1, 0.15) is 0 Å². The summed E-state index contributed by atoms with van der Waals surface area (Å²) >= 11 is 5.73. The predicted octanol–water partition coefficient (Wildman–Crippen LogP) is 0.917. The van der Waals surface area contributed by atoms with Crippen LogP contribution in [-0.2, 0) is 4.79 Å². The Kier molecular flexibility index (Phi) is 2.77. The standard InChI is InChI=1S/C10H12ClN3O/c1-12-10(15)7-5-14(6-7)9-3-2-8(11)4-13-9/h2-4,7H,5-6H2,1H3,(H,12,15). The number of hydrogen-bond acceptors (Lipinski definition) is 3. The first-order chi connectivity index (χ1) is 7.20. The van der Waals surface area contributed by atoms with E-state index in [9.17, 15) is 4.79 Å². The van der Waals surface area contributed by atoms with Crippen LogP contribution >= 0.6 is 11.6 Å². The highest BCUT2D eigenvalue weighted by atomic mass is 35.5. The molecule has 1 aliphatic rings. The van der Waals surface area contributed by atoms with Crippen LogP contribution in [0.4, 0.5) is 5.82 Å². The number of nitrogens with zero attached hydrogens (tertiary/aromatic N) is 2. The van der Waals surface area contributed by atoms with Gasteiger partial charge in [-0.05, 0) is 12.1 Å². The molecule has 80 valence electrons. The molecular formula is C10H12ClN3O. The molecule has 4 nitrogen and oxygen atoms in total. The summed E-state index contributed by atoms with van der Waals surface area (Å²) in [5.74, 6) is 1.06. The summed E-state index contributed by atoms with van der Waals surface area (Å²) in [5.41, 5.74) is 0. The number of hydrogen-bond donors (Lipinski definition) is 1. The van der Waals surface area contributed by atoms with Gasteiger partial charge >= 0.3 is 0 Å². The Morgan fingerprint density at radius 2 is 2.33 bits per heavy atom. The lowest BCUT2D eigenvalue weighted by atomic mass is 9.99. The fourth-order valence-electron chi connectivity index (χ4n) is 1.59. The van der Waals surface area contributed by atoms with Crippen molar-refractivity contribution in [3.05, 3.63) is 23.4 Å². The van der Waals surface area contributed by atoms with Gasteiger partial charge in [0.1, 0.15) is 5.82 Å². The van der Waals surface area contributed by atoms with Gasteiger partial charge in [0, 0.05) is 26.3 Å². The lowest BCUT2D eigenvalue weighted by Gasteiger charge is -2.38. The maximum absolute atomic E-state index is 11.2. The topological polar surface area (TPSA) is 45.2 Å². The van der Waals surface area contributed by atoms with E-state index in [1.807, 2.05) is 6.07 Å². The van der Waals surface area contributed by atoms with Gasteiger partial charge in [-0.3, -0.25) is 4.79 Å². The third-order valence-corrected chi connectivity index (χ3v) is 2.76. The lowest BCUT2D eigenvalue weighted by molar-refractivity contribution is -0.125. The molecule has 0 aliphatic carbocycles. The summed E-state index contributed by atoms with van der Waals surface area (Å²) in [6, 6.07) is 3.67. The lowest BCUT2D eigenvalue weighted by Crippen LogP contribution is -2.53. The Bertz CT molecular complexity index is 359. The maximum Gasteiger partial charge on any atom is 0.226 e. The van der Waals surface area contributed by atoms with Gasteiger partial charge in [0.25, 0.3) is 0 Å². The summed E-state index contributed by atoms with van der Waals surface area (Å²) in [5, 5.41) is 3.27. The fourth-order valence-corrected chi connectivity index (χ4v) is 1.70. The molecule has 0 saturated carbocycles. The van der Waals surface area contributed by atoms with E-state index in [1.165, 1.54) is 0 Å². The Morgan fingerprint density at radius 1 is 1.60 bits per heavy atom. The summed E-state index contributed by atoms with van der Waals surface area (Å²) < 4.78 is 0. The van der Waals surface area contributed by atoms with E-state index >= 15 is 0 Å². The summed E-state index contributed by atoms with van der Waals surface area (Å²) in [6.45, 7) is 1.46. The Balaban J connectivity index is 1.94. The van der Waals surface area contributed by atoms with Gasteiger partial charge in [0.2, 0.25) is 5.91 Å². The van der Waals surface area contributed by atoms with Gasteiger partial charge in [0.05, 0.1) is 10.9 Å². The number of carbonyl (C=O) groups is 1. The number of nitrogens with one attached hydrogen (secondary N) is 1. The van der Waals surface area contributed by atoms with Crippen LogP contribution in [-0.4, -0.2) is 31.0 Å². The Hall–Kier alpha value is -1.29. The van der Waals surface area contributed by atoms with Crippen LogP contribution in [0.3, 0.4) is 0 Å². The molecule has 1 aromatic heterocycles. The summed E-state index contributed by atoms with van der Waals surface area (Å²) in [4.78, 5) is 17.5. The van der Waals surface area contributed by atoms with Gasteiger partial charge < -0.3 is 10.2 Å². The van der Waals surface area contributed by atoms with Crippen LogP contribution in [0.2, 0.25) is 5.02 Å². The molecule has 0 unspecified atom stereocenters. The largest absolute Gasteiger partial charge is 0.359 e. The predicted molar refractivity (Wildman–Crippen MR) is 59.0 cm³/mol. The van der Waals surface area contributed by atoms with Crippen molar-refractivity contribution in [1.82, 2.24) is 10.3 Å². The van der Waals surface area contributed by atoms with E-state index in [2.05, 4.69) is 15.2 Å². The van der Waals surface area contributed by atoms with Crippen molar-refractivity contribution in [3.8, 4) is 0 Å². The molecule has 2 rings (SSSR count). The second-order valence-electron chi connectivity index (χ2n) is 3.55. The summed E-state index contributed by atoms with van der Waals surface area (Å²) in [6.07, 6.45) is 1.62. The first kappa shape index (κ1) is 10.2. The Labute approximate surface area is 93.2 Å². The zero-order chi connectivity index (χ0) is 10.8.